The predicted molar refractivity (Wildman–Crippen MR) is 38.3 cm³/mol. The first-order valence-corrected chi connectivity index (χ1v) is 3.60. The monoisotopic (exact) mass is 143 g/mol. The van der Waals surface area contributed by atoms with Gasteiger partial charge in [-0.05, 0) is 6.54 Å². The minimum Gasteiger partial charge on any atom is -0.459 e. The summed E-state index contributed by atoms with van der Waals surface area (Å²) in [4.78, 5) is 0. The van der Waals surface area contributed by atoms with Crippen LogP contribution in [0.3, 0.4) is 0 Å². The highest BCUT2D eigenvalue weighted by atomic mass is 16.7. The van der Waals surface area contributed by atoms with Crippen LogP contribution in [0.25, 0.3) is 0 Å². The van der Waals surface area contributed by atoms with Crippen molar-refractivity contribution >= 4 is 0 Å². The fourth-order valence-electron chi connectivity index (χ4n) is 0.804. The highest BCUT2D eigenvalue weighted by Crippen LogP contribution is 2.07. The number of ether oxygens (including phenoxy) is 2. The van der Waals surface area contributed by atoms with Gasteiger partial charge < -0.3 is 14.8 Å². The van der Waals surface area contributed by atoms with Gasteiger partial charge in [-0.3, -0.25) is 0 Å². The normalized spacial score (nSPS) is 16.9. The summed E-state index contributed by atoms with van der Waals surface area (Å²) in [6, 6.07) is 0. The molecule has 1 aliphatic rings. The van der Waals surface area contributed by atoms with Gasteiger partial charge in [-0.1, -0.05) is 6.92 Å². The van der Waals surface area contributed by atoms with E-state index in [0.29, 0.717) is 0 Å². The SMILES string of the molecule is CCNCCC1OC=CO1. The van der Waals surface area contributed by atoms with Crippen molar-refractivity contribution in [2.45, 2.75) is 19.6 Å². The van der Waals surface area contributed by atoms with Crippen LogP contribution in [0, 0.1) is 0 Å². The van der Waals surface area contributed by atoms with Gasteiger partial charge in [-0.2, -0.15) is 0 Å². The van der Waals surface area contributed by atoms with Crippen molar-refractivity contribution in [3.8, 4) is 0 Å². The molecule has 0 aliphatic carbocycles. The molecular formula is C7H13NO2. The van der Waals surface area contributed by atoms with Gasteiger partial charge in [-0.25, -0.2) is 0 Å². The summed E-state index contributed by atoms with van der Waals surface area (Å²) >= 11 is 0. The molecule has 0 bridgehead atoms. The molecular weight excluding hydrogens is 130 g/mol. The van der Waals surface area contributed by atoms with Gasteiger partial charge in [0.2, 0.25) is 6.29 Å². The summed E-state index contributed by atoms with van der Waals surface area (Å²) in [6.07, 6.45) is 4.01. The third-order valence-corrected chi connectivity index (χ3v) is 1.32. The summed E-state index contributed by atoms with van der Waals surface area (Å²) in [5.41, 5.74) is 0. The molecule has 58 valence electrons. The third kappa shape index (κ3) is 2.27. The Bertz CT molecular complexity index is 106. The molecule has 0 amide bonds. The van der Waals surface area contributed by atoms with E-state index < -0.39 is 0 Å². The van der Waals surface area contributed by atoms with Gasteiger partial charge in [0.1, 0.15) is 12.5 Å². The molecule has 1 aliphatic heterocycles. The highest BCUT2D eigenvalue weighted by molar-refractivity contribution is 4.71. The molecule has 0 aromatic rings. The lowest BCUT2D eigenvalue weighted by molar-refractivity contribution is -0.0271. The van der Waals surface area contributed by atoms with Crippen molar-refractivity contribution in [1.82, 2.24) is 5.32 Å². The lowest BCUT2D eigenvalue weighted by atomic mass is 10.4. The molecule has 10 heavy (non-hydrogen) atoms. The number of rotatable bonds is 4. The van der Waals surface area contributed by atoms with Gasteiger partial charge in [0.15, 0.2) is 0 Å². The smallest absolute Gasteiger partial charge is 0.240 e. The largest absolute Gasteiger partial charge is 0.459 e. The van der Waals surface area contributed by atoms with E-state index in [4.69, 9.17) is 9.47 Å². The molecule has 3 nitrogen and oxygen atoms in total. The molecule has 0 aromatic carbocycles. The number of hydrogen-bond acceptors (Lipinski definition) is 3. The van der Waals surface area contributed by atoms with Crippen molar-refractivity contribution in [2.75, 3.05) is 13.1 Å². The molecule has 0 spiro atoms. The first kappa shape index (κ1) is 7.41. The van der Waals surface area contributed by atoms with E-state index in [-0.39, 0.29) is 6.29 Å². The number of hydrogen-bond donors (Lipinski definition) is 1. The molecule has 0 atom stereocenters. The Morgan fingerprint density at radius 3 is 2.70 bits per heavy atom. The van der Waals surface area contributed by atoms with E-state index in [2.05, 4.69) is 12.2 Å². The van der Waals surface area contributed by atoms with Gasteiger partial charge in [0.25, 0.3) is 0 Å². The zero-order valence-corrected chi connectivity index (χ0v) is 6.17. The zero-order valence-electron chi connectivity index (χ0n) is 6.17. The summed E-state index contributed by atoms with van der Waals surface area (Å²) in [5.74, 6) is 0. The van der Waals surface area contributed by atoms with Crippen LogP contribution in [0.15, 0.2) is 12.5 Å². The average molecular weight is 143 g/mol. The quantitative estimate of drug-likeness (QED) is 0.591. The number of nitrogens with one attached hydrogen (secondary N) is 1. The van der Waals surface area contributed by atoms with E-state index in [0.717, 1.165) is 19.5 Å². The van der Waals surface area contributed by atoms with E-state index in [1.165, 1.54) is 0 Å². The standard InChI is InChI=1S/C7H13NO2/c1-2-8-4-3-7-9-5-6-10-7/h5-8H,2-4H2,1H3. The second kappa shape index (κ2) is 4.17. The molecule has 0 aromatic heterocycles. The Hall–Kier alpha value is -0.700. The van der Waals surface area contributed by atoms with Crippen LogP contribution in [-0.2, 0) is 9.47 Å². The van der Waals surface area contributed by atoms with Crippen molar-refractivity contribution in [3.05, 3.63) is 12.5 Å². The molecule has 1 heterocycles. The topological polar surface area (TPSA) is 30.5 Å². The van der Waals surface area contributed by atoms with Crippen LogP contribution in [0.1, 0.15) is 13.3 Å². The summed E-state index contributed by atoms with van der Waals surface area (Å²) in [6.45, 7) is 4.03. The van der Waals surface area contributed by atoms with Crippen LogP contribution in [-0.4, -0.2) is 19.4 Å². The maximum absolute atomic E-state index is 5.06. The summed E-state index contributed by atoms with van der Waals surface area (Å²) in [5, 5.41) is 3.19. The van der Waals surface area contributed by atoms with Gasteiger partial charge in [-0.15, -0.1) is 0 Å². The second-order valence-electron chi connectivity index (χ2n) is 2.12. The Kier molecular flexibility index (Phi) is 3.09. The van der Waals surface area contributed by atoms with Gasteiger partial charge >= 0.3 is 0 Å². The van der Waals surface area contributed by atoms with Crippen molar-refractivity contribution in [3.63, 3.8) is 0 Å². The minimum atomic E-state index is -0.0564. The van der Waals surface area contributed by atoms with Crippen LogP contribution in [0.5, 0.6) is 0 Å². The highest BCUT2D eigenvalue weighted by Gasteiger charge is 2.10. The molecule has 1 rings (SSSR count). The molecule has 0 fully saturated rings. The van der Waals surface area contributed by atoms with Crippen LogP contribution < -0.4 is 5.32 Å². The molecule has 0 unspecified atom stereocenters. The van der Waals surface area contributed by atoms with Crippen LogP contribution in [0.2, 0.25) is 0 Å². The molecule has 0 saturated heterocycles. The third-order valence-electron chi connectivity index (χ3n) is 1.32. The van der Waals surface area contributed by atoms with Crippen molar-refractivity contribution in [1.29, 1.82) is 0 Å². The molecule has 0 radical (unpaired) electrons. The minimum absolute atomic E-state index is 0.0564. The maximum atomic E-state index is 5.06. The zero-order chi connectivity index (χ0) is 7.23. The Morgan fingerprint density at radius 2 is 2.10 bits per heavy atom. The van der Waals surface area contributed by atoms with Crippen LogP contribution in [0.4, 0.5) is 0 Å². The lowest BCUT2D eigenvalue weighted by Gasteiger charge is -2.09. The molecule has 1 N–H and O–H groups in total. The summed E-state index contributed by atoms with van der Waals surface area (Å²) < 4.78 is 10.1. The van der Waals surface area contributed by atoms with Crippen molar-refractivity contribution in [2.24, 2.45) is 0 Å². The lowest BCUT2D eigenvalue weighted by Crippen LogP contribution is -2.20. The Labute approximate surface area is 61.0 Å². The van der Waals surface area contributed by atoms with Gasteiger partial charge in [0, 0.05) is 13.0 Å². The van der Waals surface area contributed by atoms with E-state index in [9.17, 15) is 0 Å². The second-order valence-corrected chi connectivity index (χ2v) is 2.12. The first-order chi connectivity index (χ1) is 4.93. The van der Waals surface area contributed by atoms with Crippen LogP contribution >= 0.6 is 0 Å². The Morgan fingerprint density at radius 1 is 1.40 bits per heavy atom. The average Bonchev–Trinajstić information content (AvgIpc) is 2.41. The predicted octanol–water partition coefficient (Wildman–Crippen LogP) is 0.830. The summed E-state index contributed by atoms with van der Waals surface area (Å²) in [7, 11) is 0. The van der Waals surface area contributed by atoms with Crippen molar-refractivity contribution < 1.29 is 9.47 Å². The fraction of sp³-hybridized carbons (Fsp3) is 0.714. The molecule has 0 saturated carbocycles. The first-order valence-electron chi connectivity index (χ1n) is 3.60. The van der Waals surface area contributed by atoms with Gasteiger partial charge in [0.05, 0.1) is 0 Å². The Balaban J connectivity index is 1.93. The molecule has 3 heteroatoms. The fourth-order valence-corrected chi connectivity index (χ4v) is 0.804. The maximum Gasteiger partial charge on any atom is 0.240 e. The van der Waals surface area contributed by atoms with E-state index >= 15 is 0 Å². The van der Waals surface area contributed by atoms with E-state index in [1.807, 2.05) is 0 Å². The van der Waals surface area contributed by atoms with E-state index in [1.54, 1.807) is 12.5 Å².